The Bertz CT molecular complexity index is 272. The number of hydrogen-bond acceptors (Lipinski definition) is 4. The zero-order valence-corrected chi connectivity index (χ0v) is 7.17. The molecule has 1 rings (SSSR count). The Kier molecular flexibility index (Phi) is 3.72. The number of carboxylic acid groups (broad SMARTS) is 1. The summed E-state index contributed by atoms with van der Waals surface area (Å²) in [5.74, 6) is -0.872. The van der Waals surface area contributed by atoms with Crippen molar-refractivity contribution in [2.75, 3.05) is 0 Å². The van der Waals surface area contributed by atoms with E-state index in [1.54, 1.807) is 6.92 Å². The number of nitrogens with two attached hydrogens (primary N) is 1. The molecule has 0 saturated heterocycles. The molecule has 0 spiro atoms. The predicted molar refractivity (Wildman–Crippen MR) is 43.3 cm³/mol. The minimum Gasteiger partial charge on any atom is -0.476 e. The maximum absolute atomic E-state index is 10.3. The van der Waals surface area contributed by atoms with Crippen molar-refractivity contribution >= 4 is 18.4 Å². The third-order valence-corrected chi connectivity index (χ3v) is 1.13. The molecule has 1 aromatic heterocycles. The Hall–Kier alpha value is -1.07. The Balaban J connectivity index is 0.00000121. The maximum atomic E-state index is 10.3. The highest BCUT2D eigenvalue weighted by molar-refractivity contribution is 5.85. The van der Waals surface area contributed by atoms with Crippen LogP contribution >= 0.6 is 12.4 Å². The first-order valence-corrected chi connectivity index (χ1v) is 3.05. The van der Waals surface area contributed by atoms with Crippen molar-refractivity contribution in [2.45, 2.75) is 13.0 Å². The first kappa shape index (κ1) is 10.9. The second kappa shape index (κ2) is 4.08. The van der Waals surface area contributed by atoms with Crippen molar-refractivity contribution in [2.24, 2.45) is 5.73 Å². The number of oxazole rings is 1. The van der Waals surface area contributed by atoms with E-state index in [4.69, 9.17) is 15.3 Å². The van der Waals surface area contributed by atoms with Crippen LogP contribution in [0.4, 0.5) is 0 Å². The molecule has 1 atom stereocenters. The summed E-state index contributed by atoms with van der Waals surface area (Å²) < 4.78 is 4.77. The highest BCUT2D eigenvalue weighted by Crippen LogP contribution is 2.08. The van der Waals surface area contributed by atoms with Gasteiger partial charge in [0.2, 0.25) is 5.89 Å². The Morgan fingerprint density at radius 1 is 1.83 bits per heavy atom. The number of hydrogen-bond donors (Lipinski definition) is 2. The lowest BCUT2D eigenvalue weighted by atomic mass is 10.4. The van der Waals surface area contributed by atoms with E-state index in [0.717, 1.165) is 6.26 Å². The zero-order valence-electron chi connectivity index (χ0n) is 6.35. The lowest BCUT2D eigenvalue weighted by Gasteiger charge is -1.94. The highest BCUT2D eigenvalue weighted by Gasteiger charge is 2.12. The van der Waals surface area contributed by atoms with Crippen molar-refractivity contribution in [3.8, 4) is 0 Å². The van der Waals surface area contributed by atoms with Gasteiger partial charge in [-0.25, -0.2) is 9.78 Å². The fourth-order valence-corrected chi connectivity index (χ4v) is 0.595. The number of nitrogens with zero attached hydrogens (tertiary/aromatic N) is 1. The van der Waals surface area contributed by atoms with E-state index < -0.39 is 5.97 Å². The van der Waals surface area contributed by atoms with Crippen LogP contribution in [0.15, 0.2) is 10.7 Å². The fourth-order valence-electron chi connectivity index (χ4n) is 0.595. The zero-order chi connectivity index (χ0) is 8.43. The van der Waals surface area contributed by atoms with Gasteiger partial charge in [-0.05, 0) is 6.92 Å². The fraction of sp³-hybridized carbons (Fsp3) is 0.333. The molecular formula is C6H9ClN2O3. The van der Waals surface area contributed by atoms with Crippen molar-refractivity contribution in [3.63, 3.8) is 0 Å². The van der Waals surface area contributed by atoms with Gasteiger partial charge in [-0.15, -0.1) is 12.4 Å². The molecule has 3 N–H and O–H groups in total. The molecule has 0 amide bonds. The quantitative estimate of drug-likeness (QED) is 0.724. The van der Waals surface area contributed by atoms with Gasteiger partial charge in [-0.1, -0.05) is 0 Å². The van der Waals surface area contributed by atoms with Crippen LogP contribution in [-0.4, -0.2) is 16.1 Å². The van der Waals surface area contributed by atoms with Crippen molar-refractivity contribution in [1.82, 2.24) is 4.98 Å². The van der Waals surface area contributed by atoms with Gasteiger partial charge in [0.05, 0.1) is 6.04 Å². The maximum Gasteiger partial charge on any atom is 0.357 e. The molecule has 0 aliphatic carbocycles. The van der Waals surface area contributed by atoms with Gasteiger partial charge in [0.25, 0.3) is 0 Å². The molecule has 0 bridgehead atoms. The molecule has 0 unspecified atom stereocenters. The molecule has 0 radical (unpaired) electrons. The average Bonchev–Trinajstić information content (AvgIpc) is 2.33. The second-order valence-electron chi connectivity index (χ2n) is 2.16. The summed E-state index contributed by atoms with van der Waals surface area (Å²) >= 11 is 0. The summed E-state index contributed by atoms with van der Waals surface area (Å²) in [5, 5.41) is 8.42. The summed E-state index contributed by atoms with van der Waals surface area (Å²) in [6.45, 7) is 1.66. The normalized spacial score (nSPS) is 11.8. The topological polar surface area (TPSA) is 89.3 Å². The summed E-state index contributed by atoms with van der Waals surface area (Å²) in [5.41, 5.74) is 5.26. The summed E-state index contributed by atoms with van der Waals surface area (Å²) in [7, 11) is 0. The Morgan fingerprint density at radius 3 is 2.67 bits per heavy atom. The second-order valence-corrected chi connectivity index (χ2v) is 2.16. The molecular weight excluding hydrogens is 184 g/mol. The molecule has 0 fully saturated rings. The van der Waals surface area contributed by atoms with Crippen LogP contribution in [0.25, 0.3) is 0 Å². The van der Waals surface area contributed by atoms with E-state index >= 15 is 0 Å². The molecule has 68 valence electrons. The average molecular weight is 193 g/mol. The smallest absolute Gasteiger partial charge is 0.357 e. The van der Waals surface area contributed by atoms with Gasteiger partial charge in [0.15, 0.2) is 5.69 Å². The first-order valence-electron chi connectivity index (χ1n) is 3.05. The number of rotatable bonds is 2. The number of carbonyl (C=O) groups is 1. The predicted octanol–water partition coefficient (Wildman–Crippen LogP) is 0.814. The molecule has 12 heavy (non-hydrogen) atoms. The molecule has 5 nitrogen and oxygen atoms in total. The number of carboxylic acids is 1. The third kappa shape index (κ3) is 2.21. The molecule has 1 aromatic rings. The SMILES string of the molecule is C[C@H](N)c1nc(C(=O)O)co1.Cl. The summed E-state index contributed by atoms with van der Waals surface area (Å²) in [6, 6.07) is -0.372. The van der Waals surface area contributed by atoms with E-state index in [9.17, 15) is 4.79 Å². The molecule has 0 aliphatic rings. The first-order chi connectivity index (χ1) is 5.11. The van der Waals surface area contributed by atoms with Gasteiger partial charge in [0, 0.05) is 0 Å². The van der Waals surface area contributed by atoms with E-state index in [-0.39, 0.29) is 30.0 Å². The van der Waals surface area contributed by atoms with Crippen molar-refractivity contribution in [1.29, 1.82) is 0 Å². The van der Waals surface area contributed by atoms with E-state index in [2.05, 4.69) is 4.98 Å². The van der Waals surface area contributed by atoms with Crippen LogP contribution in [0, 0.1) is 0 Å². The van der Waals surface area contributed by atoms with E-state index in [0.29, 0.717) is 0 Å². The van der Waals surface area contributed by atoms with E-state index in [1.807, 2.05) is 0 Å². The number of halogens is 1. The highest BCUT2D eigenvalue weighted by atomic mass is 35.5. The lowest BCUT2D eigenvalue weighted by Crippen LogP contribution is -2.06. The summed E-state index contributed by atoms with van der Waals surface area (Å²) in [4.78, 5) is 13.9. The van der Waals surface area contributed by atoms with Crippen molar-refractivity contribution < 1.29 is 14.3 Å². The molecule has 0 aromatic carbocycles. The lowest BCUT2D eigenvalue weighted by molar-refractivity contribution is 0.0690. The van der Waals surface area contributed by atoms with Crippen LogP contribution in [0.5, 0.6) is 0 Å². The van der Waals surface area contributed by atoms with Crippen LogP contribution in [0.1, 0.15) is 29.3 Å². The standard InChI is InChI=1S/C6H8N2O3.ClH/c1-3(7)5-8-4(2-11-5)6(9)10;/h2-3H,7H2,1H3,(H,9,10);1H/t3-;/m0./s1. The van der Waals surface area contributed by atoms with Crippen LogP contribution in [0.2, 0.25) is 0 Å². The molecule has 0 saturated carbocycles. The van der Waals surface area contributed by atoms with Gasteiger partial charge >= 0.3 is 5.97 Å². The largest absolute Gasteiger partial charge is 0.476 e. The number of aromatic carboxylic acids is 1. The molecule has 0 aliphatic heterocycles. The monoisotopic (exact) mass is 192 g/mol. The van der Waals surface area contributed by atoms with Gasteiger partial charge in [-0.2, -0.15) is 0 Å². The van der Waals surface area contributed by atoms with E-state index in [1.165, 1.54) is 0 Å². The minimum absolute atomic E-state index is 0. The summed E-state index contributed by atoms with van der Waals surface area (Å²) in [6.07, 6.45) is 1.07. The molecule has 6 heteroatoms. The third-order valence-electron chi connectivity index (χ3n) is 1.13. The van der Waals surface area contributed by atoms with Gasteiger partial charge < -0.3 is 15.3 Å². The van der Waals surface area contributed by atoms with Gasteiger partial charge in [0.1, 0.15) is 6.26 Å². The van der Waals surface area contributed by atoms with Gasteiger partial charge in [-0.3, -0.25) is 0 Å². The van der Waals surface area contributed by atoms with Crippen LogP contribution < -0.4 is 5.73 Å². The molecule has 1 heterocycles. The number of aromatic nitrogens is 1. The Labute approximate surface area is 75.0 Å². The Morgan fingerprint density at radius 2 is 2.42 bits per heavy atom. The van der Waals surface area contributed by atoms with Crippen LogP contribution in [0.3, 0.4) is 0 Å². The minimum atomic E-state index is -1.11. The van der Waals surface area contributed by atoms with Crippen molar-refractivity contribution in [3.05, 3.63) is 17.8 Å². The van der Waals surface area contributed by atoms with Crippen LogP contribution in [-0.2, 0) is 0 Å².